The summed E-state index contributed by atoms with van der Waals surface area (Å²) in [6.45, 7) is 1.03. The van der Waals surface area contributed by atoms with Crippen LogP contribution in [0.1, 0.15) is 12.0 Å². The molecular formula is C9H10Cl2NTi. The molecule has 4 heteroatoms. The molecule has 1 nitrogen and oxygen atoms in total. The first-order valence-corrected chi connectivity index (χ1v) is 9.32. The predicted molar refractivity (Wildman–Crippen MR) is 53.8 cm³/mol. The van der Waals surface area contributed by atoms with Crippen LogP contribution in [-0.2, 0) is 22.4 Å². The van der Waals surface area contributed by atoms with Crippen molar-refractivity contribution >= 4 is 24.3 Å². The summed E-state index contributed by atoms with van der Waals surface area (Å²) in [6, 6.07) is 8.40. The van der Waals surface area contributed by atoms with Crippen molar-refractivity contribution in [3.63, 3.8) is 0 Å². The third kappa shape index (κ3) is 2.04. The SMILES string of the molecule is [Cl][Ti]([Cl])[N]1CCCc2ccccc21. The number of fused-ring (bicyclic) bond motifs is 1. The van der Waals surface area contributed by atoms with Crippen molar-refractivity contribution in [2.24, 2.45) is 0 Å². The van der Waals surface area contributed by atoms with Crippen LogP contribution in [0.4, 0.5) is 5.69 Å². The first kappa shape index (κ1) is 9.85. The van der Waals surface area contributed by atoms with Gasteiger partial charge < -0.3 is 0 Å². The average molecular weight is 251 g/mol. The van der Waals surface area contributed by atoms with Crippen molar-refractivity contribution in [2.75, 3.05) is 9.93 Å². The number of rotatable bonds is 1. The molecule has 0 radical (unpaired) electrons. The zero-order valence-electron chi connectivity index (χ0n) is 7.13. The fourth-order valence-corrected chi connectivity index (χ4v) is 4.29. The molecule has 0 saturated carbocycles. The molecule has 2 rings (SSSR count). The summed E-state index contributed by atoms with van der Waals surface area (Å²) in [4.78, 5) is 0. The summed E-state index contributed by atoms with van der Waals surface area (Å²) in [6.07, 6.45) is 2.33. The number of aryl methyl sites for hydroxylation is 1. The Morgan fingerprint density at radius 3 is 2.77 bits per heavy atom. The van der Waals surface area contributed by atoms with Crippen molar-refractivity contribution in [2.45, 2.75) is 12.8 Å². The zero-order valence-corrected chi connectivity index (χ0v) is 10.2. The number of hydrogen-bond acceptors (Lipinski definition) is 1. The Kier molecular flexibility index (Phi) is 3.20. The Morgan fingerprint density at radius 1 is 1.23 bits per heavy atom. The maximum absolute atomic E-state index is 6.04. The Labute approximate surface area is 92.5 Å². The van der Waals surface area contributed by atoms with Gasteiger partial charge >= 0.3 is 92.9 Å². The Morgan fingerprint density at radius 2 is 2.00 bits per heavy atom. The molecule has 69 valence electrons. The number of halogens is 2. The summed E-state index contributed by atoms with van der Waals surface area (Å²) in [5.41, 5.74) is 2.65. The van der Waals surface area contributed by atoms with E-state index in [1.807, 2.05) is 6.07 Å². The van der Waals surface area contributed by atoms with Crippen LogP contribution in [0.5, 0.6) is 0 Å². The molecule has 0 fully saturated rings. The van der Waals surface area contributed by atoms with Crippen LogP contribution >= 0.6 is 18.6 Å². The van der Waals surface area contributed by atoms with Crippen molar-refractivity contribution in [1.82, 2.24) is 0 Å². The van der Waals surface area contributed by atoms with E-state index in [4.69, 9.17) is 18.6 Å². The van der Waals surface area contributed by atoms with Gasteiger partial charge in [0.1, 0.15) is 0 Å². The van der Waals surface area contributed by atoms with Gasteiger partial charge in [-0.15, -0.1) is 0 Å². The van der Waals surface area contributed by atoms with Gasteiger partial charge in [0.05, 0.1) is 0 Å². The van der Waals surface area contributed by atoms with Gasteiger partial charge in [-0.25, -0.2) is 0 Å². The third-order valence-corrected chi connectivity index (χ3v) is 5.36. The number of anilines is 1. The molecule has 0 N–H and O–H groups in total. The number of benzene rings is 1. The Bertz CT molecular complexity index is 303. The minimum atomic E-state index is -1.97. The van der Waals surface area contributed by atoms with Gasteiger partial charge in [-0.2, -0.15) is 0 Å². The monoisotopic (exact) mass is 250 g/mol. The van der Waals surface area contributed by atoms with E-state index in [1.54, 1.807) is 0 Å². The van der Waals surface area contributed by atoms with Crippen molar-refractivity contribution in [3.05, 3.63) is 29.8 Å². The minimum absolute atomic E-state index is 1.03. The van der Waals surface area contributed by atoms with Gasteiger partial charge in [0.15, 0.2) is 0 Å². The standard InChI is InChI=1S/C9H10N.2ClH.Ti/c1-2-6-9-8(4-1)5-3-7-10-9;;;/h1-2,4,6H,3,5,7H2;2*1H;/q-1;;;+3/p-2. The van der Waals surface area contributed by atoms with Gasteiger partial charge in [0.25, 0.3) is 0 Å². The normalized spacial score (nSPS) is 15.4. The summed E-state index contributed by atoms with van der Waals surface area (Å²) >= 11 is -1.97. The molecule has 0 aromatic heterocycles. The van der Waals surface area contributed by atoms with Crippen molar-refractivity contribution < 1.29 is 16.0 Å². The fraction of sp³-hybridized carbons (Fsp3) is 0.333. The first-order valence-electron chi connectivity index (χ1n) is 4.32. The Balaban J connectivity index is 2.37. The van der Waals surface area contributed by atoms with Gasteiger partial charge in [-0.05, 0) is 0 Å². The van der Waals surface area contributed by atoms with Gasteiger partial charge in [0.2, 0.25) is 0 Å². The molecule has 0 saturated heterocycles. The van der Waals surface area contributed by atoms with Gasteiger partial charge in [-0.1, -0.05) is 0 Å². The van der Waals surface area contributed by atoms with E-state index in [0.29, 0.717) is 0 Å². The molecule has 0 atom stereocenters. The molecule has 0 aliphatic carbocycles. The zero-order chi connectivity index (χ0) is 9.26. The molecule has 13 heavy (non-hydrogen) atoms. The van der Waals surface area contributed by atoms with Crippen LogP contribution in [0.3, 0.4) is 0 Å². The van der Waals surface area contributed by atoms with E-state index in [1.165, 1.54) is 17.7 Å². The van der Waals surface area contributed by atoms with Gasteiger partial charge in [0, 0.05) is 0 Å². The van der Waals surface area contributed by atoms with Crippen molar-refractivity contribution in [1.29, 1.82) is 0 Å². The third-order valence-electron chi connectivity index (χ3n) is 2.31. The summed E-state index contributed by atoms with van der Waals surface area (Å²) < 4.78 is 2.20. The Hall–Kier alpha value is 0.314. The second-order valence-corrected chi connectivity index (χ2v) is 8.47. The second kappa shape index (κ2) is 4.23. The van der Waals surface area contributed by atoms with Gasteiger partial charge in [-0.3, -0.25) is 0 Å². The maximum atomic E-state index is 6.04. The average Bonchev–Trinajstić information content (AvgIpc) is 2.17. The fourth-order valence-electron chi connectivity index (χ4n) is 1.71. The molecule has 0 amide bonds. The van der Waals surface area contributed by atoms with Crippen LogP contribution in [0.15, 0.2) is 24.3 Å². The number of para-hydroxylation sites is 1. The molecule has 0 unspecified atom stereocenters. The van der Waals surface area contributed by atoms with Crippen LogP contribution in [-0.4, -0.2) is 6.54 Å². The van der Waals surface area contributed by atoms with Crippen molar-refractivity contribution in [3.8, 4) is 0 Å². The van der Waals surface area contributed by atoms with E-state index in [-0.39, 0.29) is 0 Å². The molecule has 1 aliphatic rings. The number of hydrogen-bond donors (Lipinski definition) is 0. The molecule has 0 bridgehead atoms. The quantitative estimate of drug-likeness (QED) is 0.692. The van der Waals surface area contributed by atoms with E-state index < -0.39 is 16.0 Å². The predicted octanol–water partition coefficient (Wildman–Crippen LogP) is 3.28. The second-order valence-electron chi connectivity index (χ2n) is 3.12. The van der Waals surface area contributed by atoms with E-state index in [2.05, 4.69) is 21.6 Å². The van der Waals surface area contributed by atoms with E-state index in [9.17, 15) is 0 Å². The molecule has 1 aliphatic heterocycles. The first-order chi connectivity index (χ1) is 6.29. The van der Waals surface area contributed by atoms with Crippen LogP contribution in [0.2, 0.25) is 0 Å². The molecule has 1 heterocycles. The molecular weight excluding hydrogens is 241 g/mol. The van der Waals surface area contributed by atoms with Crippen LogP contribution in [0, 0.1) is 0 Å². The summed E-state index contributed by atoms with van der Waals surface area (Å²) in [7, 11) is 12.1. The molecule has 1 aromatic rings. The van der Waals surface area contributed by atoms with E-state index >= 15 is 0 Å². The van der Waals surface area contributed by atoms with Crippen LogP contribution in [0.25, 0.3) is 0 Å². The van der Waals surface area contributed by atoms with E-state index in [0.717, 1.165) is 13.0 Å². The van der Waals surface area contributed by atoms with Crippen LogP contribution < -0.4 is 3.38 Å². The summed E-state index contributed by atoms with van der Waals surface area (Å²) in [5.74, 6) is 0. The topological polar surface area (TPSA) is 3.24 Å². The molecule has 1 aromatic carbocycles. The molecule has 0 spiro atoms. The number of nitrogens with zero attached hydrogens (tertiary/aromatic N) is 1. The summed E-state index contributed by atoms with van der Waals surface area (Å²) in [5, 5.41) is 0.